The molecule has 0 bridgehead atoms. The number of hydrogen-bond donors (Lipinski definition) is 1. The molecule has 0 saturated heterocycles. The Balaban J connectivity index is 1.42. The van der Waals surface area contributed by atoms with Gasteiger partial charge < -0.3 is 14.6 Å². The van der Waals surface area contributed by atoms with Crippen LogP contribution in [-0.4, -0.2) is 11.7 Å². The van der Waals surface area contributed by atoms with Gasteiger partial charge in [0.25, 0.3) is 0 Å². The van der Waals surface area contributed by atoms with Gasteiger partial charge in [-0.2, -0.15) is 0 Å². The van der Waals surface area contributed by atoms with Gasteiger partial charge >= 0.3 is 0 Å². The van der Waals surface area contributed by atoms with E-state index in [2.05, 4.69) is 6.58 Å². The van der Waals surface area contributed by atoms with Crippen molar-refractivity contribution in [1.29, 1.82) is 0 Å². The third-order valence-electron chi connectivity index (χ3n) is 6.40. The summed E-state index contributed by atoms with van der Waals surface area (Å²) in [6.07, 6.45) is 3.23. The van der Waals surface area contributed by atoms with Gasteiger partial charge in [-0.1, -0.05) is 74.0 Å². The predicted molar refractivity (Wildman–Crippen MR) is 148 cm³/mol. The van der Waals surface area contributed by atoms with E-state index in [1.807, 2.05) is 6.92 Å². The Morgan fingerprint density at radius 1 is 0.821 bits per heavy atom. The van der Waals surface area contributed by atoms with E-state index in [9.17, 15) is 9.50 Å². The smallest absolute Gasteiger partial charge is 0.167 e. The van der Waals surface area contributed by atoms with Crippen molar-refractivity contribution in [1.82, 2.24) is 0 Å². The maximum Gasteiger partial charge on any atom is 0.167 e. The Kier molecular flexibility index (Phi) is 9.45. The first-order valence-electron chi connectivity index (χ1n) is 12.9. The van der Waals surface area contributed by atoms with E-state index in [0.29, 0.717) is 41.9 Å². The molecule has 3 nitrogen and oxygen atoms in total. The van der Waals surface area contributed by atoms with Crippen LogP contribution in [0.3, 0.4) is 0 Å². The number of ether oxygens (including phenoxy) is 2. The van der Waals surface area contributed by atoms with Gasteiger partial charge in [-0.3, -0.25) is 0 Å². The van der Waals surface area contributed by atoms with Gasteiger partial charge in [0.2, 0.25) is 0 Å². The highest BCUT2D eigenvalue weighted by Crippen LogP contribution is 2.33. The van der Waals surface area contributed by atoms with E-state index >= 15 is 8.78 Å². The summed E-state index contributed by atoms with van der Waals surface area (Å²) in [5, 5.41) is 10.1. The van der Waals surface area contributed by atoms with Gasteiger partial charge in [0.15, 0.2) is 23.2 Å². The van der Waals surface area contributed by atoms with Crippen molar-refractivity contribution in [3.63, 3.8) is 0 Å². The molecule has 4 rings (SSSR count). The second kappa shape index (κ2) is 13.2. The summed E-state index contributed by atoms with van der Waals surface area (Å²) in [4.78, 5) is 0. The van der Waals surface area contributed by atoms with Gasteiger partial charge in [0.1, 0.15) is 12.4 Å². The van der Waals surface area contributed by atoms with Crippen LogP contribution in [0.25, 0.3) is 22.3 Å². The Hall–Kier alpha value is -4.03. The normalized spacial score (nSPS) is 11.7. The largest absolute Gasteiger partial charge is 0.490 e. The highest BCUT2D eigenvalue weighted by Gasteiger charge is 2.17. The summed E-state index contributed by atoms with van der Waals surface area (Å²) < 4.78 is 55.5. The van der Waals surface area contributed by atoms with E-state index in [1.54, 1.807) is 78.9 Å². The van der Waals surface area contributed by atoms with Crippen molar-refractivity contribution >= 4 is 0 Å². The topological polar surface area (TPSA) is 38.7 Å². The van der Waals surface area contributed by atoms with Crippen LogP contribution in [0.1, 0.15) is 43.4 Å². The van der Waals surface area contributed by atoms with E-state index < -0.39 is 23.6 Å². The standard InChI is InChI=1S/C33H31F3O3/c1-3-5-19-38-31-18-7-22(20-29(31)34)21-39-26-14-12-24(13-15-26)28-17-16-27(32(35)33(28)36)23-8-10-25(11-9-23)30(37)6-4-2/h3,7-18,20,30,37H,1,4-6,19,21H2,2H3. The van der Waals surface area contributed by atoms with Gasteiger partial charge in [-0.05, 0) is 59.4 Å². The third-order valence-corrected chi connectivity index (χ3v) is 6.40. The van der Waals surface area contributed by atoms with Gasteiger partial charge in [-0.25, -0.2) is 13.2 Å². The maximum absolute atomic E-state index is 15.1. The van der Waals surface area contributed by atoms with E-state index in [4.69, 9.17) is 9.47 Å². The molecule has 1 N–H and O–H groups in total. The number of halogens is 3. The van der Waals surface area contributed by atoms with Crippen LogP contribution in [0.4, 0.5) is 13.2 Å². The fourth-order valence-electron chi connectivity index (χ4n) is 4.22. The SMILES string of the molecule is C=CCCOc1ccc(COc2ccc(-c3ccc(-c4ccc(C(O)CCC)cc4)c(F)c3F)cc2)cc1F. The number of benzene rings is 4. The molecule has 0 aliphatic rings. The molecule has 0 aliphatic heterocycles. The number of rotatable bonds is 12. The quantitative estimate of drug-likeness (QED) is 0.146. The molecule has 0 aromatic heterocycles. The molecule has 6 heteroatoms. The first kappa shape index (κ1) is 28.0. The lowest BCUT2D eigenvalue weighted by Gasteiger charge is -2.13. The van der Waals surface area contributed by atoms with Crippen molar-refractivity contribution in [3.05, 3.63) is 120 Å². The molecule has 4 aromatic rings. The van der Waals surface area contributed by atoms with Crippen LogP contribution >= 0.6 is 0 Å². The lowest BCUT2D eigenvalue weighted by molar-refractivity contribution is 0.166. The van der Waals surface area contributed by atoms with Crippen molar-refractivity contribution < 1.29 is 27.8 Å². The van der Waals surface area contributed by atoms with Gasteiger partial charge in [0.05, 0.1) is 12.7 Å². The summed E-state index contributed by atoms with van der Waals surface area (Å²) in [6, 6.07) is 21.2. The van der Waals surface area contributed by atoms with Crippen LogP contribution in [0.15, 0.2) is 91.5 Å². The highest BCUT2D eigenvalue weighted by atomic mass is 19.2. The van der Waals surface area contributed by atoms with E-state index in [1.165, 1.54) is 6.07 Å². The van der Waals surface area contributed by atoms with Crippen molar-refractivity contribution in [3.8, 4) is 33.8 Å². The molecule has 1 unspecified atom stereocenters. The Labute approximate surface area is 227 Å². The molecule has 4 aromatic carbocycles. The Bertz CT molecular complexity index is 1400. The van der Waals surface area contributed by atoms with Gasteiger partial charge in [-0.15, -0.1) is 6.58 Å². The molecule has 0 saturated carbocycles. The molecular formula is C33H31F3O3. The fourth-order valence-corrected chi connectivity index (χ4v) is 4.22. The average molecular weight is 533 g/mol. The zero-order valence-electron chi connectivity index (χ0n) is 21.8. The van der Waals surface area contributed by atoms with Crippen molar-refractivity contribution in [2.24, 2.45) is 0 Å². The predicted octanol–water partition coefficient (Wildman–Crippen LogP) is 8.81. The fraction of sp³-hybridized carbons (Fsp3) is 0.212. The summed E-state index contributed by atoms with van der Waals surface area (Å²) in [5.41, 5.74) is 2.68. The first-order valence-corrected chi connectivity index (χ1v) is 12.9. The highest BCUT2D eigenvalue weighted by molar-refractivity contribution is 5.72. The third kappa shape index (κ3) is 6.89. The average Bonchev–Trinajstić information content (AvgIpc) is 2.95. The lowest BCUT2D eigenvalue weighted by Crippen LogP contribution is -2.00. The number of hydrogen-bond acceptors (Lipinski definition) is 3. The second-order valence-corrected chi connectivity index (χ2v) is 9.22. The molecule has 0 fully saturated rings. The van der Waals surface area contributed by atoms with Crippen LogP contribution in [-0.2, 0) is 6.61 Å². The number of aliphatic hydroxyl groups is 1. The van der Waals surface area contributed by atoms with Crippen LogP contribution in [0.5, 0.6) is 11.5 Å². The zero-order chi connectivity index (χ0) is 27.8. The summed E-state index contributed by atoms with van der Waals surface area (Å²) in [7, 11) is 0. The summed E-state index contributed by atoms with van der Waals surface area (Å²) in [6.45, 7) is 6.08. The number of aliphatic hydroxyl groups excluding tert-OH is 1. The molecule has 0 spiro atoms. The molecule has 0 aliphatic carbocycles. The zero-order valence-corrected chi connectivity index (χ0v) is 21.8. The van der Waals surface area contributed by atoms with Crippen LogP contribution < -0.4 is 9.47 Å². The molecule has 0 heterocycles. The lowest BCUT2D eigenvalue weighted by atomic mass is 9.97. The van der Waals surface area contributed by atoms with Crippen molar-refractivity contribution in [2.75, 3.05) is 6.61 Å². The molecular weight excluding hydrogens is 501 g/mol. The summed E-state index contributed by atoms with van der Waals surface area (Å²) in [5.74, 6) is -1.67. The Morgan fingerprint density at radius 3 is 2.00 bits per heavy atom. The molecule has 0 radical (unpaired) electrons. The molecule has 202 valence electrons. The van der Waals surface area contributed by atoms with Crippen molar-refractivity contribution in [2.45, 2.75) is 38.9 Å². The maximum atomic E-state index is 15.1. The minimum absolute atomic E-state index is 0.131. The van der Waals surface area contributed by atoms with Crippen LogP contribution in [0.2, 0.25) is 0 Å². The molecule has 1 atom stereocenters. The minimum atomic E-state index is -0.942. The minimum Gasteiger partial charge on any atom is -0.490 e. The summed E-state index contributed by atoms with van der Waals surface area (Å²) >= 11 is 0. The van der Waals surface area contributed by atoms with E-state index in [-0.39, 0.29) is 23.5 Å². The van der Waals surface area contributed by atoms with Gasteiger partial charge in [0, 0.05) is 11.1 Å². The molecule has 39 heavy (non-hydrogen) atoms. The monoisotopic (exact) mass is 532 g/mol. The van der Waals surface area contributed by atoms with Crippen LogP contribution in [0, 0.1) is 17.5 Å². The Morgan fingerprint density at radius 2 is 1.44 bits per heavy atom. The second-order valence-electron chi connectivity index (χ2n) is 9.22. The molecule has 0 amide bonds. The van der Waals surface area contributed by atoms with E-state index in [0.717, 1.165) is 12.0 Å². The first-order chi connectivity index (χ1) is 18.9.